The molecule has 0 atom stereocenters. The van der Waals surface area contributed by atoms with Crippen LogP contribution in [0, 0.1) is 11.3 Å². The van der Waals surface area contributed by atoms with Crippen molar-refractivity contribution in [2.75, 3.05) is 12.0 Å². The third kappa shape index (κ3) is 6.39. The van der Waals surface area contributed by atoms with Crippen LogP contribution in [0.25, 0.3) is 10.1 Å². The van der Waals surface area contributed by atoms with E-state index in [1.165, 1.54) is 11.3 Å². The van der Waals surface area contributed by atoms with E-state index in [1.54, 1.807) is 72.3 Å². The Bertz CT molecular complexity index is 1970. The lowest BCUT2D eigenvalue weighted by Crippen LogP contribution is -2.31. The second-order valence-corrected chi connectivity index (χ2v) is 12.2. The highest BCUT2D eigenvalue weighted by atomic mass is 32.1. The number of thiophene rings is 2. The number of nitrogens with one attached hydrogen (secondary N) is 1. The Balaban J connectivity index is 1.31. The molecule has 0 fully saturated rings. The van der Waals surface area contributed by atoms with E-state index in [1.807, 2.05) is 58.5 Å². The normalized spacial score (nSPS) is 10.8. The molecule has 1 N–H and O–H groups in total. The van der Waals surface area contributed by atoms with Crippen LogP contribution in [0.1, 0.15) is 41.7 Å². The highest BCUT2D eigenvalue weighted by Crippen LogP contribution is 2.31. The molecule has 0 saturated heterocycles. The number of anilines is 1. The molecule has 0 spiro atoms. The van der Waals surface area contributed by atoms with Gasteiger partial charge in [-0.1, -0.05) is 24.3 Å². The molecular weight excluding hydrogens is 591 g/mol. The van der Waals surface area contributed by atoms with Crippen molar-refractivity contribution < 1.29 is 14.3 Å². The number of ether oxygens (including phenoxy) is 1. The third-order valence-electron chi connectivity index (χ3n) is 7.16. The molecule has 10 heteroatoms. The van der Waals surface area contributed by atoms with E-state index in [0.717, 1.165) is 26.2 Å². The molecule has 0 aliphatic rings. The van der Waals surface area contributed by atoms with Gasteiger partial charge in [-0.2, -0.15) is 5.26 Å². The standard InChI is InChI=1S/C34H27N5O3S2/c1-42-29-5-2-4-25(15-29)34(41)39(21-28-18-36-22-38(28)20-24-9-7-23(17-35)8-10-24)27-11-12-31-26(14-27)16-32(44-31)33(40)37-19-30-6-3-13-43-30/h2-16,18,22H,19-21H2,1H3,(H,37,40). The summed E-state index contributed by atoms with van der Waals surface area (Å²) < 4.78 is 8.33. The second kappa shape index (κ2) is 13.0. The molecule has 8 nitrogen and oxygen atoms in total. The average Bonchev–Trinajstić information content (AvgIpc) is 3.84. The van der Waals surface area contributed by atoms with E-state index in [0.29, 0.717) is 40.5 Å². The fourth-order valence-corrected chi connectivity index (χ4v) is 6.44. The number of aromatic nitrogens is 2. The van der Waals surface area contributed by atoms with E-state index in [9.17, 15) is 9.59 Å². The molecule has 3 aromatic heterocycles. The molecule has 0 saturated carbocycles. The Morgan fingerprint density at radius 1 is 1.05 bits per heavy atom. The number of nitrogens with zero attached hydrogens (tertiary/aromatic N) is 4. The molecule has 44 heavy (non-hydrogen) atoms. The summed E-state index contributed by atoms with van der Waals surface area (Å²) >= 11 is 3.02. The molecule has 0 aliphatic carbocycles. The Morgan fingerprint density at radius 3 is 2.68 bits per heavy atom. The van der Waals surface area contributed by atoms with Crippen LogP contribution in [0.2, 0.25) is 0 Å². The number of benzene rings is 3. The zero-order valence-corrected chi connectivity index (χ0v) is 25.4. The summed E-state index contributed by atoms with van der Waals surface area (Å²) in [6.45, 7) is 1.28. The van der Waals surface area contributed by atoms with Gasteiger partial charge in [-0.3, -0.25) is 9.59 Å². The molecule has 2 amide bonds. The van der Waals surface area contributed by atoms with Crippen molar-refractivity contribution in [3.63, 3.8) is 0 Å². The van der Waals surface area contributed by atoms with Crippen molar-refractivity contribution in [3.05, 3.63) is 135 Å². The van der Waals surface area contributed by atoms with Gasteiger partial charge < -0.3 is 19.5 Å². The van der Waals surface area contributed by atoms with E-state index >= 15 is 0 Å². The molecule has 6 rings (SSSR count). The van der Waals surface area contributed by atoms with Crippen molar-refractivity contribution in [2.24, 2.45) is 0 Å². The lowest BCUT2D eigenvalue weighted by molar-refractivity contribution is 0.0953. The van der Waals surface area contributed by atoms with Crippen molar-refractivity contribution in [1.82, 2.24) is 14.9 Å². The summed E-state index contributed by atoms with van der Waals surface area (Å²) in [5.74, 6) is 0.267. The van der Waals surface area contributed by atoms with E-state index in [4.69, 9.17) is 10.00 Å². The highest BCUT2D eigenvalue weighted by molar-refractivity contribution is 7.20. The van der Waals surface area contributed by atoms with Crippen LogP contribution in [0.4, 0.5) is 5.69 Å². The largest absolute Gasteiger partial charge is 0.497 e. The maximum absolute atomic E-state index is 14.1. The van der Waals surface area contributed by atoms with Crippen LogP contribution in [0.5, 0.6) is 5.75 Å². The number of nitriles is 1. The molecule has 3 heterocycles. The molecule has 0 radical (unpaired) electrons. The molecule has 0 aliphatic heterocycles. The number of hydrogen-bond acceptors (Lipinski definition) is 7. The van der Waals surface area contributed by atoms with Crippen molar-refractivity contribution in [3.8, 4) is 11.8 Å². The predicted octanol–water partition coefficient (Wildman–Crippen LogP) is 6.86. The van der Waals surface area contributed by atoms with Gasteiger partial charge in [-0.15, -0.1) is 22.7 Å². The summed E-state index contributed by atoms with van der Waals surface area (Å²) in [6, 6.07) is 28.3. The first-order valence-corrected chi connectivity index (χ1v) is 15.5. The minimum Gasteiger partial charge on any atom is -0.497 e. The number of carbonyl (C=O) groups is 2. The number of hydrogen-bond donors (Lipinski definition) is 1. The Kier molecular flexibility index (Phi) is 8.50. The zero-order valence-electron chi connectivity index (χ0n) is 23.8. The number of amides is 2. The molecule has 0 unspecified atom stereocenters. The fraction of sp³-hybridized carbons (Fsp3) is 0.118. The maximum atomic E-state index is 14.1. The molecule has 218 valence electrons. The van der Waals surface area contributed by atoms with Gasteiger partial charge in [0.2, 0.25) is 0 Å². The van der Waals surface area contributed by atoms with Crippen LogP contribution < -0.4 is 15.0 Å². The van der Waals surface area contributed by atoms with Crippen LogP contribution in [-0.2, 0) is 19.6 Å². The smallest absolute Gasteiger partial charge is 0.261 e. The highest BCUT2D eigenvalue weighted by Gasteiger charge is 2.22. The van der Waals surface area contributed by atoms with Crippen molar-refractivity contribution >= 4 is 50.3 Å². The first kappa shape index (κ1) is 28.9. The molecule has 0 bridgehead atoms. The summed E-state index contributed by atoms with van der Waals surface area (Å²) in [4.78, 5) is 34.8. The van der Waals surface area contributed by atoms with Gasteiger partial charge in [0.25, 0.3) is 11.8 Å². The minimum atomic E-state index is -0.196. The second-order valence-electron chi connectivity index (χ2n) is 10.0. The lowest BCUT2D eigenvalue weighted by Gasteiger charge is -2.24. The van der Waals surface area contributed by atoms with E-state index < -0.39 is 0 Å². The van der Waals surface area contributed by atoms with Crippen molar-refractivity contribution in [2.45, 2.75) is 19.6 Å². The topological polar surface area (TPSA) is 100 Å². The van der Waals surface area contributed by atoms with Gasteiger partial charge >= 0.3 is 0 Å². The molecule has 6 aromatic rings. The van der Waals surface area contributed by atoms with Crippen molar-refractivity contribution in [1.29, 1.82) is 5.26 Å². The monoisotopic (exact) mass is 617 g/mol. The first-order chi connectivity index (χ1) is 21.5. The third-order valence-corrected chi connectivity index (χ3v) is 9.15. The number of carbonyl (C=O) groups excluding carboxylic acids is 2. The van der Waals surface area contributed by atoms with Crippen LogP contribution >= 0.6 is 22.7 Å². The SMILES string of the molecule is COc1cccc(C(=O)N(Cc2cncn2Cc2ccc(C#N)cc2)c2ccc3sc(C(=O)NCc4cccs4)cc3c2)c1. The summed E-state index contributed by atoms with van der Waals surface area (Å²) in [5.41, 5.74) is 3.63. The van der Waals surface area contributed by atoms with Gasteiger partial charge in [0.05, 0.1) is 48.7 Å². The summed E-state index contributed by atoms with van der Waals surface area (Å²) in [6.07, 6.45) is 3.50. The Hall–Kier alpha value is -5.24. The minimum absolute atomic E-state index is 0.128. The number of methoxy groups -OCH3 is 1. The fourth-order valence-electron chi connectivity index (χ4n) is 4.84. The van der Waals surface area contributed by atoms with Gasteiger partial charge in [0.15, 0.2) is 0 Å². The summed E-state index contributed by atoms with van der Waals surface area (Å²) in [5, 5.41) is 15.0. The maximum Gasteiger partial charge on any atom is 0.261 e. The Morgan fingerprint density at radius 2 is 1.91 bits per heavy atom. The lowest BCUT2D eigenvalue weighted by atomic mass is 10.1. The number of rotatable bonds is 10. The molecular formula is C34H27N5O3S2. The number of fused-ring (bicyclic) bond motifs is 1. The average molecular weight is 618 g/mol. The van der Waals surface area contributed by atoms with Gasteiger partial charge in [-0.25, -0.2) is 4.98 Å². The quantitative estimate of drug-likeness (QED) is 0.181. The summed E-state index contributed by atoms with van der Waals surface area (Å²) in [7, 11) is 1.57. The van der Waals surface area contributed by atoms with Crippen LogP contribution in [-0.4, -0.2) is 28.5 Å². The van der Waals surface area contributed by atoms with Crippen LogP contribution in [0.15, 0.2) is 103 Å². The number of imidazole rings is 1. The Labute approximate surface area is 262 Å². The molecule has 3 aromatic carbocycles. The van der Waals surface area contributed by atoms with Gasteiger partial charge in [0, 0.05) is 33.6 Å². The van der Waals surface area contributed by atoms with Crippen LogP contribution in [0.3, 0.4) is 0 Å². The predicted molar refractivity (Wildman–Crippen MR) is 173 cm³/mol. The first-order valence-electron chi connectivity index (χ1n) is 13.8. The van der Waals surface area contributed by atoms with E-state index in [-0.39, 0.29) is 18.4 Å². The van der Waals surface area contributed by atoms with E-state index in [2.05, 4.69) is 16.4 Å². The zero-order chi connectivity index (χ0) is 30.5. The van der Waals surface area contributed by atoms with Gasteiger partial charge in [-0.05, 0) is 77.0 Å². The van der Waals surface area contributed by atoms with Gasteiger partial charge in [0.1, 0.15) is 5.75 Å².